The van der Waals surface area contributed by atoms with Crippen LogP contribution in [0.1, 0.15) is 24.8 Å². The van der Waals surface area contributed by atoms with Gasteiger partial charge < -0.3 is 4.74 Å². The van der Waals surface area contributed by atoms with Crippen LogP contribution in [0.3, 0.4) is 0 Å². The molecule has 26 heavy (non-hydrogen) atoms. The molecule has 2 aromatic carbocycles. The zero-order valence-electron chi connectivity index (χ0n) is 14.2. The first-order valence-electron chi connectivity index (χ1n) is 8.31. The molecule has 0 aliphatic rings. The molecule has 0 amide bonds. The SMILES string of the molecule is O=C(C#CCCCOc1ccc(Cl)cc1)C(F)(F)CCc1ccccc1. The fourth-order valence-electron chi connectivity index (χ4n) is 2.18. The number of Topliss-reactive ketones (excluding diaryl/α,β-unsaturated/α-hetero) is 1. The zero-order chi connectivity index (χ0) is 18.8. The number of ketones is 1. The second kappa shape index (κ2) is 9.94. The maximum atomic E-state index is 13.8. The van der Waals surface area contributed by atoms with Crippen LogP contribution < -0.4 is 4.74 Å². The highest BCUT2D eigenvalue weighted by molar-refractivity contribution is 6.30. The first-order chi connectivity index (χ1) is 12.5. The summed E-state index contributed by atoms with van der Waals surface area (Å²) in [7, 11) is 0. The lowest BCUT2D eigenvalue weighted by Crippen LogP contribution is -2.27. The number of ether oxygens (including phenoxy) is 1. The average Bonchev–Trinajstić information content (AvgIpc) is 2.65. The molecule has 0 unspecified atom stereocenters. The van der Waals surface area contributed by atoms with E-state index >= 15 is 0 Å². The van der Waals surface area contributed by atoms with Crippen LogP contribution in [0.4, 0.5) is 8.78 Å². The Morgan fingerprint density at radius 3 is 2.46 bits per heavy atom. The molecule has 0 heterocycles. The van der Waals surface area contributed by atoms with E-state index in [1.807, 2.05) is 6.07 Å². The molecule has 0 aliphatic heterocycles. The van der Waals surface area contributed by atoms with Gasteiger partial charge in [-0.2, -0.15) is 8.78 Å². The second-order valence-corrected chi connectivity index (χ2v) is 6.16. The fraction of sp³-hybridized carbons (Fsp3) is 0.286. The maximum absolute atomic E-state index is 13.8. The molecule has 0 spiro atoms. The van der Waals surface area contributed by atoms with E-state index < -0.39 is 18.1 Å². The van der Waals surface area contributed by atoms with Gasteiger partial charge in [0.05, 0.1) is 6.61 Å². The number of rotatable bonds is 8. The van der Waals surface area contributed by atoms with Crippen LogP contribution in [0.5, 0.6) is 5.75 Å². The molecular formula is C21H19ClF2O2. The summed E-state index contributed by atoms with van der Waals surface area (Å²) in [5, 5.41) is 0.620. The molecule has 0 bridgehead atoms. The Morgan fingerprint density at radius 1 is 1.08 bits per heavy atom. The first kappa shape index (κ1) is 19.9. The molecule has 0 fully saturated rings. The molecule has 2 aromatic rings. The Morgan fingerprint density at radius 2 is 1.77 bits per heavy atom. The molecule has 0 N–H and O–H groups in total. The van der Waals surface area contributed by atoms with Crippen LogP contribution >= 0.6 is 11.6 Å². The Bertz CT molecular complexity index is 762. The number of alkyl halides is 2. The highest BCUT2D eigenvalue weighted by Gasteiger charge is 2.36. The van der Waals surface area contributed by atoms with E-state index in [9.17, 15) is 13.6 Å². The third kappa shape index (κ3) is 6.85. The number of hydrogen-bond donors (Lipinski definition) is 0. The lowest BCUT2D eigenvalue weighted by molar-refractivity contribution is -0.137. The van der Waals surface area contributed by atoms with Crippen LogP contribution in [0, 0.1) is 11.8 Å². The van der Waals surface area contributed by atoms with Crippen molar-refractivity contribution in [3.63, 3.8) is 0 Å². The van der Waals surface area contributed by atoms with Gasteiger partial charge in [0, 0.05) is 17.9 Å². The summed E-state index contributed by atoms with van der Waals surface area (Å²) in [6, 6.07) is 15.8. The molecule has 0 radical (unpaired) electrons. The van der Waals surface area contributed by atoms with Crippen molar-refractivity contribution < 1.29 is 18.3 Å². The largest absolute Gasteiger partial charge is 0.494 e. The first-order valence-corrected chi connectivity index (χ1v) is 8.68. The number of unbranched alkanes of at least 4 members (excludes halogenated alkanes) is 1. The standard InChI is InChI=1S/C21H19ClF2O2/c22-18-10-12-19(13-11-18)26-16-6-2-5-9-20(25)21(23,24)15-14-17-7-3-1-4-8-17/h1,3-4,7-8,10-13H,2,6,14-16H2. The van der Waals surface area contributed by atoms with Crippen molar-refractivity contribution in [3.05, 3.63) is 65.2 Å². The Balaban J connectivity index is 1.70. The molecule has 5 heteroatoms. The van der Waals surface area contributed by atoms with E-state index in [-0.39, 0.29) is 6.42 Å². The van der Waals surface area contributed by atoms with Crippen molar-refractivity contribution in [2.24, 2.45) is 0 Å². The third-order valence-electron chi connectivity index (χ3n) is 3.63. The number of aryl methyl sites for hydroxylation is 1. The average molecular weight is 377 g/mol. The van der Waals surface area contributed by atoms with Crippen molar-refractivity contribution in [3.8, 4) is 17.6 Å². The predicted octanol–water partition coefficient (Wildman–Crippen LogP) is 5.34. The fourth-order valence-corrected chi connectivity index (χ4v) is 2.30. The minimum atomic E-state index is -3.43. The van der Waals surface area contributed by atoms with Crippen LogP contribution in [-0.2, 0) is 11.2 Å². The summed E-state index contributed by atoms with van der Waals surface area (Å²) >= 11 is 5.77. The van der Waals surface area contributed by atoms with Crippen LogP contribution in [-0.4, -0.2) is 18.3 Å². The smallest absolute Gasteiger partial charge is 0.317 e. The minimum absolute atomic E-state index is 0.135. The summed E-state index contributed by atoms with van der Waals surface area (Å²) in [5.74, 6) is 0.475. The topological polar surface area (TPSA) is 26.3 Å². The van der Waals surface area contributed by atoms with Crippen molar-refractivity contribution in [2.75, 3.05) is 6.61 Å². The van der Waals surface area contributed by atoms with Gasteiger partial charge >= 0.3 is 5.92 Å². The second-order valence-electron chi connectivity index (χ2n) is 5.73. The number of hydrogen-bond acceptors (Lipinski definition) is 2. The predicted molar refractivity (Wildman–Crippen MR) is 98.7 cm³/mol. The van der Waals surface area contributed by atoms with Crippen molar-refractivity contribution in [1.82, 2.24) is 0 Å². The summed E-state index contributed by atoms with van der Waals surface area (Å²) in [4.78, 5) is 11.6. The van der Waals surface area contributed by atoms with E-state index in [0.29, 0.717) is 30.2 Å². The number of benzene rings is 2. The summed E-state index contributed by atoms with van der Waals surface area (Å²) < 4.78 is 33.2. The van der Waals surface area contributed by atoms with Crippen molar-refractivity contribution >= 4 is 17.4 Å². The van der Waals surface area contributed by atoms with Crippen LogP contribution in [0.25, 0.3) is 0 Å². The lowest BCUT2D eigenvalue weighted by Gasteiger charge is -2.11. The van der Waals surface area contributed by atoms with Gasteiger partial charge in [0.25, 0.3) is 5.78 Å². The number of halogens is 3. The molecule has 0 aromatic heterocycles. The van der Waals surface area contributed by atoms with Gasteiger partial charge in [0.2, 0.25) is 0 Å². The molecule has 0 atom stereocenters. The Hall–Kier alpha value is -2.38. The molecule has 2 rings (SSSR count). The highest BCUT2D eigenvalue weighted by Crippen LogP contribution is 2.22. The molecule has 0 aliphatic carbocycles. The van der Waals surface area contributed by atoms with Gasteiger partial charge in [0.1, 0.15) is 5.75 Å². The van der Waals surface area contributed by atoms with Gasteiger partial charge in [-0.25, -0.2) is 0 Å². The van der Waals surface area contributed by atoms with E-state index in [2.05, 4.69) is 11.8 Å². The molecule has 2 nitrogen and oxygen atoms in total. The third-order valence-corrected chi connectivity index (χ3v) is 3.89. The molecular weight excluding hydrogens is 358 g/mol. The van der Waals surface area contributed by atoms with E-state index in [4.69, 9.17) is 16.3 Å². The van der Waals surface area contributed by atoms with E-state index in [1.165, 1.54) is 0 Å². The molecule has 0 saturated carbocycles. The van der Waals surface area contributed by atoms with E-state index in [0.717, 1.165) is 5.56 Å². The highest BCUT2D eigenvalue weighted by atomic mass is 35.5. The molecule has 136 valence electrons. The van der Waals surface area contributed by atoms with Crippen molar-refractivity contribution in [1.29, 1.82) is 0 Å². The maximum Gasteiger partial charge on any atom is 0.317 e. The summed E-state index contributed by atoms with van der Waals surface area (Å²) in [6.45, 7) is 0.384. The van der Waals surface area contributed by atoms with Gasteiger partial charge in [-0.3, -0.25) is 4.79 Å². The number of carbonyl (C=O) groups is 1. The lowest BCUT2D eigenvalue weighted by atomic mass is 10.0. The monoisotopic (exact) mass is 376 g/mol. The quantitative estimate of drug-likeness (QED) is 0.353. The van der Waals surface area contributed by atoms with E-state index in [1.54, 1.807) is 48.5 Å². The Kier molecular flexibility index (Phi) is 7.62. The molecule has 0 saturated heterocycles. The normalized spacial score (nSPS) is 10.7. The van der Waals surface area contributed by atoms with Crippen molar-refractivity contribution in [2.45, 2.75) is 31.6 Å². The van der Waals surface area contributed by atoms with Crippen LogP contribution in [0.2, 0.25) is 5.02 Å². The van der Waals surface area contributed by atoms with Gasteiger partial charge in [-0.1, -0.05) is 47.9 Å². The number of carbonyl (C=O) groups excluding carboxylic acids is 1. The van der Waals surface area contributed by atoms with Gasteiger partial charge in [0.15, 0.2) is 0 Å². The minimum Gasteiger partial charge on any atom is -0.494 e. The summed E-state index contributed by atoms with van der Waals surface area (Å²) in [5.41, 5.74) is 0.771. The van der Waals surface area contributed by atoms with Crippen LogP contribution in [0.15, 0.2) is 54.6 Å². The van der Waals surface area contributed by atoms with Gasteiger partial charge in [-0.05, 0) is 48.6 Å². The summed E-state index contributed by atoms with van der Waals surface area (Å²) in [6.07, 6.45) is 0.451. The zero-order valence-corrected chi connectivity index (χ0v) is 14.9. The van der Waals surface area contributed by atoms with Gasteiger partial charge in [-0.15, -0.1) is 0 Å². The Labute approximate surface area is 157 Å².